The minimum absolute atomic E-state index is 0. The van der Waals surface area contributed by atoms with Gasteiger partial charge in [-0.25, -0.2) is 0 Å². The SMILES string of the molecule is COC1=CC(O)(S(=O)(=O)O)C(C(=O)c2ccccc2)C=C1.[H-].[Na+]. The van der Waals surface area contributed by atoms with Crippen LogP contribution in [0.4, 0.5) is 0 Å². The summed E-state index contributed by atoms with van der Waals surface area (Å²) in [5.74, 6) is -2.06. The molecular formula is C14H15NaO6S. The van der Waals surface area contributed by atoms with E-state index in [-0.39, 0.29) is 42.3 Å². The topological polar surface area (TPSA) is 101 Å². The number of methoxy groups -OCH3 is 1. The van der Waals surface area contributed by atoms with E-state index < -0.39 is 26.8 Å². The third-order valence-corrected chi connectivity index (χ3v) is 4.44. The van der Waals surface area contributed by atoms with Gasteiger partial charge in [-0.05, 0) is 6.08 Å². The number of rotatable bonds is 4. The van der Waals surface area contributed by atoms with Crippen molar-refractivity contribution in [1.82, 2.24) is 0 Å². The van der Waals surface area contributed by atoms with Crippen LogP contribution in [0.3, 0.4) is 0 Å². The Bertz CT molecular complexity index is 716. The fourth-order valence-electron chi connectivity index (χ4n) is 2.09. The predicted molar refractivity (Wildman–Crippen MR) is 76.1 cm³/mol. The Morgan fingerprint density at radius 3 is 2.41 bits per heavy atom. The third kappa shape index (κ3) is 3.51. The zero-order chi connectivity index (χ0) is 15.7. The molecule has 1 aliphatic rings. The van der Waals surface area contributed by atoms with Crippen LogP contribution in [0.1, 0.15) is 11.8 Å². The Kier molecular flexibility index (Phi) is 6.14. The second-order valence-electron chi connectivity index (χ2n) is 4.54. The summed E-state index contributed by atoms with van der Waals surface area (Å²) in [5, 5.41) is 10.3. The number of ether oxygens (including phenoxy) is 1. The summed E-state index contributed by atoms with van der Waals surface area (Å²) in [6, 6.07) is 7.92. The van der Waals surface area contributed by atoms with Gasteiger partial charge >= 0.3 is 29.6 Å². The number of benzene rings is 1. The van der Waals surface area contributed by atoms with Gasteiger partial charge in [-0.2, -0.15) is 8.42 Å². The molecule has 8 heteroatoms. The van der Waals surface area contributed by atoms with Crippen LogP contribution in [-0.2, 0) is 14.9 Å². The second kappa shape index (κ2) is 7.08. The third-order valence-electron chi connectivity index (χ3n) is 3.24. The molecule has 2 rings (SSSR count). The van der Waals surface area contributed by atoms with Crippen LogP contribution in [0, 0.1) is 5.92 Å². The molecule has 0 fully saturated rings. The first-order valence-electron chi connectivity index (χ1n) is 6.03. The van der Waals surface area contributed by atoms with Gasteiger partial charge in [0.25, 0.3) is 10.1 Å². The van der Waals surface area contributed by atoms with Crippen molar-refractivity contribution in [3.05, 3.63) is 59.9 Å². The van der Waals surface area contributed by atoms with Gasteiger partial charge in [0.1, 0.15) is 5.76 Å². The maximum atomic E-state index is 12.4. The monoisotopic (exact) mass is 334 g/mol. The molecule has 6 nitrogen and oxygen atoms in total. The minimum Gasteiger partial charge on any atom is -1.00 e. The standard InChI is InChI=1S/C14H14O6S.Na.H/c1-20-11-7-8-12(14(16,9-11)21(17,18)19)13(15)10-5-3-2-4-6-10;;/h2-9,12,16H,1H3,(H,17,18,19);;/q;+1;-1. The van der Waals surface area contributed by atoms with Crippen LogP contribution < -0.4 is 29.6 Å². The van der Waals surface area contributed by atoms with Crippen molar-refractivity contribution in [1.29, 1.82) is 0 Å². The van der Waals surface area contributed by atoms with Crippen molar-refractivity contribution in [3.8, 4) is 0 Å². The Hall–Kier alpha value is -0.960. The average molecular weight is 334 g/mol. The molecule has 0 heterocycles. The van der Waals surface area contributed by atoms with E-state index in [1.54, 1.807) is 18.2 Å². The number of carbonyl (C=O) groups is 1. The van der Waals surface area contributed by atoms with Crippen LogP contribution in [0.5, 0.6) is 0 Å². The predicted octanol–water partition coefficient (Wildman–Crippen LogP) is -1.72. The fraction of sp³-hybridized carbons (Fsp3) is 0.214. The van der Waals surface area contributed by atoms with Gasteiger partial charge in [-0.1, -0.05) is 36.4 Å². The van der Waals surface area contributed by atoms with E-state index in [1.807, 2.05) is 0 Å². The summed E-state index contributed by atoms with van der Waals surface area (Å²) in [7, 11) is -3.67. The van der Waals surface area contributed by atoms with E-state index in [9.17, 15) is 22.9 Å². The van der Waals surface area contributed by atoms with Gasteiger partial charge in [0, 0.05) is 11.6 Å². The summed E-state index contributed by atoms with van der Waals surface area (Å²) in [6.07, 6.45) is 3.38. The number of Topliss-reactive ketones (excluding diaryl/α,β-unsaturated/α-hetero) is 1. The van der Waals surface area contributed by atoms with Crippen molar-refractivity contribution in [2.45, 2.75) is 4.93 Å². The molecule has 0 saturated carbocycles. The van der Waals surface area contributed by atoms with Gasteiger partial charge in [-0.15, -0.1) is 0 Å². The van der Waals surface area contributed by atoms with Gasteiger partial charge in [0.05, 0.1) is 13.0 Å². The quantitative estimate of drug-likeness (QED) is 0.386. The first-order valence-corrected chi connectivity index (χ1v) is 7.47. The van der Waals surface area contributed by atoms with Gasteiger partial charge in [0.2, 0.25) is 4.93 Å². The molecule has 2 N–H and O–H groups in total. The summed E-state index contributed by atoms with van der Waals surface area (Å²) in [5.41, 5.74) is 0.225. The van der Waals surface area contributed by atoms with Crippen molar-refractivity contribution < 1.29 is 58.6 Å². The summed E-state index contributed by atoms with van der Waals surface area (Å²) >= 11 is 0. The van der Waals surface area contributed by atoms with Crippen molar-refractivity contribution in [3.63, 3.8) is 0 Å². The molecule has 0 saturated heterocycles. The molecule has 114 valence electrons. The van der Waals surface area contributed by atoms with Crippen LogP contribution >= 0.6 is 0 Å². The molecule has 2 atom stereocenters. The van der Waals surface area contributed by atoms with Crippen LogP contribution in [-0.4, -0.2) is 35.9 Å². The fourth-order valence-corrected chi connectivity index (χ4v) is 2.86. The Morgan fingerprint density at radius 1 is 1.32 bits per heavy atom. The first kappa shape index (κ1) is 19.1. The van der Waals surface area contributed by atoms with Crippen molar-refractivity contribution in [2.24, 2.45) is 5.92 Å². The summed E-state index contributed by atoms with van der Waals surface area (Å²) in [4.78, 5) is 9.64. The molecule has 0 aromatic heterocycles. The molecule has 0 amide bonds. The molecule has 0 bridgehead atoms. The van der Waals surface area contributed by atoms with Crippen molar-refractivity contribution >= 4 is 15.9 Å². The molecule has 0 aliphatic heterocycles. The number of aliphatic hydroxyl groups is 1. The van der Waals surface area contributed by atoms with Gasteiger partial charge < -0.3 is 11.3 Å². The van der Waals surface area contributed by atoms with Crippen LogP contribution in [0.15, 0.2) is 54.3 Å². The maximum Gasteiger partial charge on any atom is 1.00 e. The Labute approximate surface area is 152 Å². The van der Waals surface area contributed by atoms with Crippen molar-refractivity contribution in [2.75, 3.05) is 7.11 Å². The van der Waals surface area contributed by atoms with Gasteiger partial charge in [-0.3, -0.25) is 9.35 Å². The molecule has 0 spiro atoms. The largest absolute Gasteiger partial charge is 1.00 e. The summed E-state index contributed by atoms with van der Waals surface area (Å²) < 4.78 is 37.2. The van der Waals surface area contributed by atoms with E-state index in [1.165, 1.54) is 31.4 Å². The molecule has 2 unspecified atom stereocenters. The molecule has 1 aromatic carbocycles. The van der Waals surface area contributed by atoms with E-state index in [0.717, 1.165) is 6.08 Å². The number of hydrogen-bond acceptors (Lipinski definition) is 5. The molecule has 22 heavy (non-hydrogen) atoms. The molecule has 1 aliphatic carbocycles. The Morgan fingerprint density at radius 2 is 1.91 bits per heavy atom. The number of allylic oxidation sites excluding steroid dienone is 1. The van der Waals surface area contributed by atoms with Crippen LogP contribution in [0.25, 0.3) is 0 Å². The van der Waals surface area contributed by atoms with Crippen LogP contribution in [0.2, 0.25) is 0 Å². The molecule has 0 radical (unpaired) electrons. The maximum absolute atomic E-state index is 12.4. The molecular weight excluding hydrogens is 319 g/mol. The smallest absolute Gasteiger partial charge is 1.00 e. The number of carbonyl (C=O) groups excluding carboxylic acids is 1. The summed E-state index contributed by atoms with van der Waals surface area (Å²) in [6.45, 7) is 0. The average Bonchev–Trinajstić information content (AvgIpc) is 2.46. The number of ketones is 1. The van der Waals surface area contributed by atoms with E-state index in [2.05, 4.69) is 0 Å². The second-order valence-corrected chi connectivity index (χ2v) is 6.15. The van der Waals surface area contributed by atoms with E-state index >= 15 is 0 Å². The Balaban J connectivity index is 0.00000242. The zero-order valence-electron chi connectivity index (χ0n) is 13.1. The van der Waals surface area contributed by atoms with E-state index in [0.29, 0.717) is 0 Å². The minimum atomic E-state index is -4.94. The first-order chi connectivity index (χ1) is 9.79. The number of hydrogen-bond donors (Lipinski definition) is 2. The van der Waals surface area contributed by atoms with E-state index in [4.69, 9.17) is 4.74 Å². The zero-order valence-corrected chi connectivity index (χ0v) is 14.9. The molecule has 1 aromatic rings. The normalized spacial score (nSPS) is 24.1. The van der Waals surface area contributed by atoms with Gasteiger partial charge in [0.15, 0.2) is 5.78 Å².